The van der Waals surface area contributed by atoms with E-state index in [1.807, 2.05) is 13.0 Å². The first-order valence-electron chi connectivity index (χ1n) is 5.56. The maximum Gasteiger partial charge on any atom is 0.251 e. The van der Waals surface area contributed by atoms with Gasteiger partial charge in [-0.05, 0) is 36.6 Å². The number of amides is 1. The third-order valence-corrected chi connectivity index (χ3v) is 2.51. The zero-order valence-electron chi connectivity index (χ0n) is 9.81. The van der Waals surface area contributed by atoms with Gasteiger partial charge in [-0.3, -0.25) is 4.79 Å². The van der Waals surface area contributed by atoms with Crippen molar-refractivity contribution in [3.63, 3.8) is 0 Å². The van der Waals surface area contributed by atoms with E-state index in [-0.39, 0.29) is 18.4 Å². The Hall–Kier alpha value is -1.86. The van der Waals surface area contributed by atoms with E-state index in [1.54, 1.807) is 24.3 Å². The molecule has 17 heavy (non-hydrogen) atoms. The molecule has 4 heteroatoms. The first-order chi connectivity index (χ1) is 8.17. The second-order valence-electron chi connectivity index (χ2n) is 4.02. The van der Waals surface area contributed by atoms with Crippen LogP contribution in [0.1, 0.15) is 29.3 Å². The molecule has 0 spiro atoms. The largest absolute Gasteiger partial charge is 0.396 e. The second kappa shape index (κ2) is 6.66. The average molecular weight is 232 g/mol. The molecule has 0 fully saturated rings. The van der Waals surface area contributed by atoms with Gasteiger partial charge in [-0.25, -0.2) is 0 Å². The summed E-state index contributed by atoms with van der Waals surface area (Å²) in [5.41, 5.74) is 1.08. The molecule has 0 aliphatic carbocycles. The molecule has 0 saturated carbocycles. The zero-order valence-corrected chi connectivity index (χ0v) is 9.81. The first-order valence-corrected chi connectivity index (χ1v) is 5.56. The number of rotatable bonds is 5. The maximum absolute atomic E-state index is 11.7. The smallest absolute Gasteiger partial charge is 0.251 e. The average Bonchev–Trinajstić information content (AvgIpc) is 2.36. The minimum atomic E-state index is -0.153. The first kappa shape index (κ1) is 13.2. The van der Waals surface area contributed by atoms with E-state index in [1.165, 1.54) is 0 Å². The third kappa shape index (κ3) is 4.25. The molecule has 1 amide bonds. The highest BCUT2D eigenvalue weighted by molar-refractivity contribution is 5.94. The summed E-state index contributed by atoms with van der Waals surface area (Å²) in [5, 5.41) is 20.1. The van der Waals surface area contributed by atoms with Gasteiger partial charge >= 0.3 is 0 Å². The number of hydrogen-bond acceptors (Lipinski definition) is 3. The lowest BCUT2D eigenvalue weighted by Crippen LogP contribution is -2.28. The van der Waals surface area contributed by atoms with Crippen LogP contribution in [0.4, 0.5) is 0 Å². The lowest BCUT2D eigenvalue weighted by molar-refractivity contribution is 0.0945. The highest BCUT2D eigenvalue weighted by atomic mass is 16.3. The zero-order chi connectivity index (χ0) is 12.7. The molecular weight excluding hydrogens is 216 g/mol. The van der Waals surface area contributed by atoms with Crippen molar-refractivity contribution in [3.05, 3.63) is 35.4 Å². The van der Waals surface area contributed by atoms with Crippen LogP contribution in [0.3, 0.4) is 0 Å². The van der Waals surface area contributed by atoms with Crippen molar-refractivity contribution in [1.29, 1.82) is 5.26 Å². The van der Waals surface area contributed by atoms with Gasteiger partial charge in [0.05, 0.1) is 11.6 Å². The Balaban J connectivity index is 2.50. The van der Waals surface area contributed by atoms with Crippen molar-refractivity contribution in [2.45, 2.75) is 13.3 Å². The van der Waals surface area contributed by atoms with Crippen LogP contribution in [-0.4, -0.2) is 24.2 Å². The monoisotopic (exact) mass is 232 g/mol. The van der Waals surface area contributed by atoms with Crippen molar-refractivity contribution >= 4 is 5.91 Å². The van der Waals surface area contributed by atoms with E-state index in [2.05, 4.69) is 5.32 Å². The van der Waals surface area contributed by atoms with Gasteiger partial charge in [-0.1, -0.05) is 6.92 Å². The SMILES string of the molecule is CC(CCO)CNC(=O)c1ccc(C#N)cc1. The minimum absolute atomic E-state index is 0.133. The number of nitrogens with zero attached hydrogens (tertiary/aromatic N) is 1. The van der Waals surface area contributed by atoms with Crippen molar-refractivity contribution in [2.24, 2.45) is 5.92 Å². The number of aliphatic hydroxyl groups is 1. The quantitative estimate of drug-likeness (QED) is 0.803. The van der Waals surface area contributed by atoms with Gasteiger partial charge in [0, 0.05) is 18.7 Å². The van der Waals surface area contributed by atoms with E-state index in [0.29, 0.717) is 24.1 Å². The topological polar surface area (TPSA) is 73.1 Å². The molecule has 0 aliphatic heterocycles. The van der Waals surface area contributed by atoms with Crippen LogP contribution in [0.15, 0.2) is 24.3 Å². The molecule has 4 nitrogen and oxygen atoms in total. The van der Waals surface area contributed by atoms with Crippen LogP contribution < -0.4 is 5.32 Å². The fourth-order valence-electron chi connectivity index (χ4n) is 1.39. The van der Waals surface area contributed by atoms with E-state index in [0.717, 1.165) is 0 Å². The Bertz CT molecular complexity index is 406. The number of nitriles is 1. The Labute approximate surface area is 101 Å². The number of aliphatic hydroxyl groups excluding tert-OH is 1. The number of hydrogen-bond donors (Lipinski definition) is 2. The molecule has 0 radical (unpaired) electrons. The molecule has 0 aliphatic rings. The molecule has 1 atom stereocenters. The second-order valence-corrected chi connectivity index (χ2v) is 4.02. The van der Waals surface area contributed by atoms with E-state index < -0.39 is 0 Å². The van der Waals surface area contributed by atoms with Crippen LogP contribution in [0.2, 0.25) is 0 Å². The van der Waals surface area contributed by atoms with Crippen molar-refractivity contribution in [1.82, 2.24) is 5.32 Å². The lowest BCUT2D eigenvalue weighted by atomic mass is 10.1. The number of nitrogens with one attached hydrogen (secondary N) is 1. The number of carbonyl (C=O) groups excluding carboxylic acids is 1. The summed E-state index contributed by atoms with van der Waals surface area (Å²) in [6, 6.07) is 8.49. The van der Waals surface area contributed by atoms with Gasteiger partial charge in [0.25, 0.3) is 5.91 Å². The van der Waals surface area contributed by atoms with Gasteiger partial charge in [-0.15, -0.1) is 0 Å². The maximum atomic E-state index is 11.7. The Morgan fingerprint density at radius 3 is 2.65 bits per heavy atom. The lowest BCUT2D eigenvalue weighted by Gasteiger charge is -2.11. The van der Waals surface area contributed by atoms with Gasteiger partial charge < -0.3 is 10.4 Å². The van der Waals surface area contributed by atoms with Gasteiger partial charge in [0.15, 0.2) is 0 Å². The summed E-state index contributed by atoms with van der Waals surface area (Å²) in [5.74, 6) is 0.0987. The predicted octanol–water partition coefficient (Wildman–Crippen LogP) is 1.31. The third-order valence-electron chi connectivity index (χ3n) is 2.51. The summed E-state index contributed by atoms with van der Waals surface area (Å²) in [7, 11) is 0. The molecule has 1 unspecified atom stereocenters. The van der Waals surface area contributed by atoms with Gasteiger partial charge in [0.2, 0.25) is 0 Å². The molecular formula is C13H16N2O2. The van der Waals surface area contributed by atoms with Crippen LogP contribution in [0.25, 0.3) is 0 Å². The van der Waals surface area contributed by atoms with E-state index in [9.17, 15) is 4.79 Å². The summed E-state index contributed by atoms with van der Waals surface area (Å²) >= 11 is 0. The molecule has 1 aromatic carbocycles. The molecule has 0 heterocycles. The molecule has 1 aromatic rings. The fourth-order valence-corrected chi connectivity index (χ4v) is 1.39. The Morgan fingerprint density at radius 2 is 2.12 bits per heavy atom. The normalized spacial score (nSPS) is 11.6. The summed E-state index contributed by atoms with van der Waals surface area (Å²) in [6.45, 7) is 2.64. The van der Waals surface area contributed by atoms with Gasteiger partial charge in [-0.2, -0.15) is 5.26 Å². The van der Waals surface area contributed by atoms with Crippen molar-refractivity contribution in [3.8, 4) is 6.07 Å². The Kier molecular flexibility index (Phi) is 5.18. The summed E-state index contributed by atoms with van der Waals surface area (Å²) < 4.78 is 0. The number of carbonyl (C=O) groups is 1. The highest BCUT2D eigenvalue weighted by Crippen LogP contribution is 2.04. The summed E-state index contributed by atoms with van der Waals surface area (Å²) in [6.07, 6.45) is 0.674. The van der Waals surface area contributed by atoms with E-state index in [4.69, 9.17) is 10.4 Å². The molecule has 0 saturated heterocycles. The van der Waals surface area contributed by atoms with Crippen molar-refractivity contribution < 1.29 is 9.90 Å². The number of benzene rings is 1. The molecule has 1 rings (SSSR count). The molecule has 2 N–H and O–H groups in total. The molecule has 0 bridgehead atoms. The standard InChI is InChI=1S/C13H16N2O2/c1-10(6-7-16)9-15-13(17)12-4-2-11(8-14)3-5-12/h2-5,10,16H,6-7,9H2,1H3,(H,15,17). The Morgan fingerprint density at radius 1 is 1.47 bits per heavy atom. The van der Waals surface area contributed by atoms with Crippen LogP contribution in [-0.2, 0) is 0 Å². The van der Waals surface area contributed by atoms with Gasteiger partial charge in [0.1, 0.15) is 0 Å². The molecule has 0 aromatic heterocycles. The van der Waals surface area contributed by atoms with Crippen LogP contribution in [0.5, 0.6) is 0 Å². The van der Waals surface area contributed by atoms with E-state index >= 15 is 0 Å². The van der Waals surface area contributed by atoms with Crippen LogP contribution >= 0.6 is 0 Å². The van der Waals surface area contributed by atoms with Crippen LogP contribution in [0, 0.1) is 17.2 Å². The summed E-state index contributed by atoms with van der Waals surface area (Å²) in [4.78, 5) is 11.7. The highest BCUT2D eigenvalue weighted by Gasteiger charge is 2.07. The predicted molar refractivity (Wildman–Crippen MR) is 64.4 cm³/mol. The fraction of sp³-hybridized carbons (Fsp3) is 0.385. The molecule has 90 valence electrons. The van der Waals surface area contributed by atoms with Crippen molar-refractivity contribution in [2.75, 3.05) is 13.2 Å². The minimum Gasteiger partial charge on any atom is -0.396 e.